The lowest BCUT2D eigenvalue weighted by molar-refractivity contribution is -0.128. The van der Waals surface area contributed by atoms with E-state index in [1.165, 1.54) is 0 Å². The number of rotatable bonds is 6. The predicted molar refractivity (Wildman–Crippen MR) is 115 cm³/mol. The van der Waals surface area contributed by atoms with E-state index in [0.717, 1.165) is 37.7 Å². The fourth-order valence-corrected chi connectivity index (χ4v) is 6.54. The molecule has 1 aliphatic heterocycles. The van der Waals surface area contributed by atoms with Crippen molar-refractivity contribution >= 4 is 15.9 Å². The molecule has 1 aliphatic carbocycles. The van der Waals surface area contributed by atoms with Gasteiger partial charge in [0, 0.05) is 32.0 Å². The zero-order valence-electron chi connectivity index (χ0n) is 17.2. The lowest BCUT2D eigenvalue weighted by Crippen LogP contribution is -2.43. The zero-order chi connectivity index (χ0) is 21.0. The molecule has 0 radical (unpaired) electrons. The molecule has 2 fully saturated rings. The number of aromatic nitrogens is 1. The average molecular weight is 428 g/mol. The van der Waals surface area contributed by atoms with E-state index in [0.29, 0.717) is 24.4 Å². The van der Waals surface area contributed by atoms with Crippen molar-refractivity contribution in [3.05, 3.63) is 60.4 Å². The summed E-state index contributed by atoms with van der Waals surface area (Å²) >= 11 is 0. The Morgan fingerprint density at radius 1 is 1.10 bits per heavy atom. The van der Waals surface area contributed by atoms with Crippen LogP contribution in [0, 0.1) is 11.3 Å². The minimum Gasteiger partial charge on any atom is -0.355 e. The zero-order valence-corrected chi connectivity index (χ0v) is 18.0. The maximum absolute atomic E-state index is 13.2. The fourth-order valence-electron chi connectivity index (χ4n) is 4.97. The number of pyridine rings is 1. The van der Waals surface area contributed by atoms with Crippen LogP contribution in [0.25, 0.3) is 0 Å². The van der Waals surface area contributed by atoms with Gasteiger partial charge in [-0.05, 0) is 48.4 Å². The molecule has 0 bridgehead atoms. The SMILES string of the molecule is O=C(NCCc1cccnc1)[C@@H]1CN(S(=O)(=O)c2ccccc2)CC12CCCCC2. The van der Waals surface area contributed by atoms with Crippen LogP contribution < -0.4 is 5.32 Å². The highest BCUT2D eigenvalue weighted by atomic mass is 32.2. The molecule has 1 saturated carbocycles. The Labute approximate surface area is 178 Å². The second kappa shape index (κ2) is 8.86. The summed E-state index contributed by atoms with van der Waals surface area (Å²) in [6, 6.07) is 12.4. The Bertz CT molecular complexity index is 958. The Morgan fingerprint density at radius 3 is 2.57 bits per heavy atom. The van der Waals surface area contributed by atoms with Gasteiger partial charge in [0.1, 0.15) is 0 Å². The number of hydrogen-bond acceptors (Lipinski definition) is 4. The van der Waals surface area contributed by atoms with E-state index < -0.39 is 10.0 Å². The highest BCUT2D eigenvalue weighted by Gasteiger charge is 2.52. The Balaban J connectivity index is 1.49. The first-order chi connectivity index (χ1) is 14.5. The van der Waals surface area contributed by atoms with Crippen LogP contribution in [-0.2, 0) is 21.2 Å². The molecule has 2 aliphatic rings. The fraction of sp³-hybridized carbons (Fsp3) is 0.478. The molecular formula is C23H29N3O3S. The van der Waals surface area contributed by atoms with E-state index in [4.69, 9.17) is 0 Å². The number of benzene rings is 1. The lowest BCUT2D eigenvalue weighted by atomic mass is 9.67. The van der Waals surface area contributed by atoms with E-state index >= 15 is 0 Å². The average Bonchev–Trinajstić information content (AvgIpc) is 3.15. The maximum atomic E-state index is 13.2. The molecule has 1 aromatic heterocycles. The summed E-state index contributed by atoms with van der Waals surface area (Å²) in [5.41, 5.74) is 0.822. The third kappa shape index (κ3) is 4.27. The summed E-state index contributed by atoms with van der Waals surface area (Å²) in [6.45, 7) is 1.23. The molecule has 4 rings (SSSR count). The number of carbonyl (C=O) groups excluding carboxylic acids is 1. The van der Waals surface area contributed by atoms with Crippen molar-refractivity contribution in [2.75, 3.05) is 19.6 Å². The number of carbonyl (C=O) groups is 1. The van der Waals surface area contributed by atoms with Crippen molar-refractivity contribution in [2.45, 2.75) is 43.4 Å². The van der Waals surface area contributed by atoms with Crippen LogP contribution in [0.1, 0.15) is 37.7 Å². The van der Waals surface area contributed by atoms with Crippen molar-refractivity contribution < 1.29 is 13.2 Å². The summed E-state index contributed by atoms with van der Waals surface area (Å²) < 4.78 is 28.0. The Kier molecular flexibility index (Phi) is 6.20. The minimum absolute atomic E-state index is 0.0217. The third-order valence-corrected chi connectivity index (χ3v) is 8.43. The van der Waals surface area contributed by atoms with E-state index in [9.17, 15) is 13.2 Å². The van der Waals surface area contributed by atoms with Crippen LogP contribution in [0.15, 0.2) is 59.8 Å². The number of amides is 1. The smallest absolute Gasteiger partial charge is 0.243 e. The van der Waals surface area contributed by atoms with E-state index in [1.807, 2.05) is 18.2 Å². The third-order valence-electron chi connectivity index (χ3n) is 6.60. The molecular weight excluding hydrogens is 398 g/mol. The van der Waals surface area contributed by atoms with Crippen molar-refractivity contribution in [1.82, 2.24) is 14.6 Å². The van der Waals surface area contributed by atoms with Gasteiger partial charge >= 0.3 is 0 Å². The summed E-state index contributed by atoms with van der Waals surface area (Å²) in [6.07, 6.45) is 9.34. The number of nitrogens with one attached hydrogen (secondary N) is 1. The number of hydrogen-bond donors (Lipinski definition) is 1. The highest BCUT2D eigenvalue weighted by Crippen LogP contribution is 2.48. The van der Waals surface area contributed by atoms with Gasteiger partial charge in [-0.2, -0.15) is 4.31 Å². The van der Waals surface area contributed by atoms with Crippen LogP contribution >= 0.6 is 0 Å². The Hall–Kier alpha value is -2.25. The van der Waals surface area contributed by atoms with Crippen LogP contribution in [0.5, 0.6) is 0 Å². The van der Waals surface area contributed by atoms with Gasteiger partial charge < -0.3 is 5.32 Å². The van der Waals surface area contributed by atoms with Crippen LogP contribution in [0.3, 0.4) is 0 Å². The van der Waals surface area contributed by atoms with Crippen LogP contribution in [0.4, 0.5) is 0 Å². The molecule has 1 aromatic carbocycles. The normalized spacial score (nSPS) is 21.5. The second-order valence-corrected chi connectivity index (χ2v) is 10.4. The molecule has 0 unspecified atom stereocenters. The molecule has 30 heavy (non-hydrogen) atoms. The van der Waals surface area contributed by atoms with Crippen molar-refractivity contribution in [3.63, 3.8) is 0 Å². The first-order valence-electron chi connectivity index (χ1n) is 10.7. The first-order valence-corrected chi connectivity index (χ1v) is 12.2. The molecule has 1 saturated heterocycles. The predicted octanol–water partition coefficient (Wildman–Crippen LogP) is 3.01. The topological polar surface area (TPSA) is 79.4 Å². The molecule has 2 heterocycles. The van der Waals surface area contributed by atoms with Crippen LogP contribution in [0.2, 0.25) is 0 Å². The Morgan fingerprint density at radius 2 is 1.87 bits per heavy atom. The van der Waals surface area contributed by atoms with Gasteiger partial charge in [-0.25, -0.2) is 8.42 Å². The van der Waals surface area contributed by atoms with Crippen LogP contribution in [-0.4, -0.2) is 43.2 Å². The highest BCUT2D eigenvalue weighted by molar-refractivity contribution is 7.89. The second-order valence-electron chi connectivity index (χ2n) is 8.49. The summed E-state index contributed by atoms with van der Waals surface area (Å²) in [4.78, 5) is 17.6. The molecule has 7 heteroatoms. The number of nitrogens with zero attached hydrogens (tertiary/aromatic N) is 2. The van der Waals surface area contributed by atoms with Gasteiger partial charge in [-0.15, -0.1) is 0 Å². The van der Waals surface area contributed by atoms with Gasteiger partial charge in [0.25, 0.3) is 0 Å². The summed E-state index contributed by atoms with van der Waals surface area (Å²) in [7, 11) is -3.60. The molecule has 1 spiro atoms. The molecule has 2 aromatic rings. The monoisotopic (exact) mass is 427 g/mol. The molecule has 160 valence electrons. The quantitative estimate of drug-likeness (QED) is 0.769. The lowest BCUT2D eigenvalue weighted by Gasteiger charge is -2.37. The van der Waals surface area contributed by atoms with Gasteiger partial charge in [0.2, 0.25) is 15.9 Å². The van der Waals surface area contributed by atoms with Gasteiger partial charge in [0.05, 0.1) is 10.8 Å². The van der Waals surface area contributed by atoms with E-state index in [2.05, 4.69) is 10.3 Å². The molecule has 1 amide bonds. The van der Waals surface area contributed by atoms with Crippen molar-refractivity contribution in [1.29, 1.82) is 0 Å². The van der Waals surface area contributed by atoms with Gasteiger partial charge in [-0.1, -0.05) is 43.5 Å². The summed E-state index contributed by atoms with van der Waals surface area (Å²) in [5.74, 6) is -0.322. The van der Waals surface area contributed by atoms with Crippen molar-refractivity contribution in [3.8, 4) is 0 Å². The molecule has 1 N–H and O–H groups in total. The minimum atomic E-state index is -3.60. The van der Waals surface area contributed by atoms with Gasteiger partial charge in [0.15, 0.2) is 0 Å². The maximum Gasteiger partial charge on any atom is 0.243 e. The number of sulfonamides is 1. The van der Waals surface area contributed by atoms with Gasteiger partial charge in [-0.3, -0.25) is 9.78 Å². The standard InChI is InChI=1S/C23H29N3O3S/c27-22(25-15-11-19-8-7-14-24-16-19)21-17-26(18-23(21)12-5-2-6-13-23)30(28,29)20-9-3-1-4-10-20/h1,3-4,7-10,14,16,21H,2,5-6,11-13,15,17-18H2,(H,25,27)/t21-/m0/s1. The first kappa shape index (κ1) is 21.0. The molecule has 6 nitrogen and oxygen atoms in total. The largest absolute Gasteiger partial charge is 0.355 e. The van der Waals surface area contributed by atoms with E-state index in [1.54, 1.807) is 41.0 Å². The molecule has 1 atom stereocenters. The summed E-state index contributed by atoms with van der Waals surface area (Å²) in [5, 5.41) is 3.07. The van der Waals surface area contributed by atoms with E-state index in [-0.39, 0.29) is 23.8 Å². The van der Waals surface area contributed by atoms with Crippen molar-refractivity contribution in [2.24, 2.45) is 11.3 Å².